The van der Waals surface area contributed by atoms with Gasteiger partial charge in [-0.25, -0.2) is 9.78 Å². The third-order valence-corrected chi connectivity index (χ3v) is 3.65. The van der Waals surface area contributed by atoms with Crippen molar-refractivity contribution in [1.82, 2.24) is 14.1 Å². The summed E-state index contributed by atoms with van der Waals surface area (Å²) in [5.74, 6) is 0. The average Bonchev–Trinajstić information content (AvgIpc) is 2.51. The zero-order chi connectivity index (χ0) is 15.1. The van der Waals surface area contributed by atoms with Crippen LogP contribution < -0.4 is 11.2 Å². The highest BCUT2D eigenvalue weighted by molar-refractivity contribution is 5.77. The minimum Gasteiger partial charge on any atom is -0.280 e. The maximum Gasteiger partial charge on any atom is 0.332 e. The highest BCUT2D eigenvalue weighted by Crippen LogP contribution is 2.19. The Hall–Kier alpha value is -2.69. The molecule has 0 unspecified atom stereocenters. The molecule has 0 saturated heterocycles. The highest BCUT2D eigenvalue weighted by Gasteiger charge is 2.10. The SMILES string of the molecule is Cc1ccc(-c2ccc3c(=O)n(C)c(=O)n(C)c3n2)cc1. The number of hydrogen-bond donors (Lipinski definition) is 0. The normalized spacial score (nSPS) is 11.0. The van der Waals surface area contributed by atoms with Crippen molar-refractivity contribution in [3.63, 3.8) is 0 Å². The third-order valence-electron chi connectivity index (χ3n) is 3.65. The van der Waals surface area contributed by atoms with Crippen LogP contribution >= 0.6 is 0 Å². The van der Waals surface area contributed by atoms with Gasteiger partial charge in [-0.3, -0.25) is 13.9 Å². The lowest BCUT2D eigenvalue weighted by Gasteiger charge is -2.08. The summed E-state index contributed by atoms with van der Waals surface area (Å²) in [4.78, 5) is 28.6. The fourth-order valence-electron chi connectivity index (χ4n) is 2.34. The summed E-state index contributed by atoms with van der Waals surface area (Å²) in [5, 5.41) is 0.440. The van der Waals surface area contributed by atoms with Crippen LogP contribution in [0.5, 0.6) is 0 Å². The average molecular weight is 281 g/mol. The van der Waals surface area contributed by atoms with Crippen LogP contribution in [0.25, 0.3) is 22.3 Å². The molecule has 5 nitrogen and oxygen atoms in total. The van der Waals surface area contributed by atoms with Gasteiger partial charge in [0.1, 0.15) is 5.65 Å². The van der Waals surface area contributed by atoms with E-state index in [1.807, 2.05) is 31.2 Å². The maximum atomic E-state index is 12.1. The largest absolute Gasteiger partial charge is 0.332 e. The minimum atomic E-state index is -0.374. The van der Waals surface area contributed by atoms with Crippen LogP contribution in [0.4, 0.5) is 0 Å². The molecule has 2 aromatic heterocycles. The Morgan fingerprint density at radius 3 is 2.24 bits per heavy atom. The van der Waals surface area contributed by atoms with Gasteiger partial charge in [0, 0.05) is 19.7 Å². The molecule has 3 rings (SSSR count). The summed E-state index contributed by atoms with van der Waals surface area (Å²) < 4.78 is 2.49. The quantitative estimate of drug-likeness (QED) is 0.681. The van der Waals surface area contributed by atoms with E-state index in [4.69, 9.17) is 0 Å². The number of hydrogen-bond acceptors (Lipinski definition) is 3. The van der Waals surface area contributed by atoms with Crippen molar-refractivity contribution >= 4 is 11.0 Å². The monoisotopic (exact) mass is 281 g/mol. The van der Waals surface area contributed by atoms with Crippen LogP contribution in [0.15, 0.2) is 46.0 Å². The van der Waals surface area contributed by atoms with Crippen molar-refractivity contribution in [2.24, 2.45) is 14.1 Å². The first-order chi connectivity index (χ1) is 9.99. The maximum absolute atomic E-state index is 12.1. The molecule has 0 fully saturated rings. The number of aromatic nitrogens is 3. The Bertz CT molecular complexity index is 950. The molecule has 0 radical (unpaired) electrons. The Morgan fingerprint density at radius 1 is 0.905 bits per heavy atom. The number of rotatable bonds is 1. The van der Waals surface area contributed by atoms with Gasteiger partial charge in [-0.2, -0.15) is 0 Å². The third kappa shape index (κ3) is 2.07. The molecule has 2 heterocycles. The molecular weight excluding hydrogens is 266 g/mol. The number of nitrogens with zero attached hydrogens (tertiary/aromatic N) is 3. The van der Waals surface area contributed by atoms with Crippen LogP contribution in [0.3, 0.4) is 0 Å². The molecular formula is C16H15N3O2. The van der Waals surface area contributed by atoms with E-state index in [0.717, 1.165) is 15.8 Å². The van der Waals surface area contributed by atoms with Gasteiger partial charge in [0.15, 0.2) is 0 Å². The van der Waals surface area contributed by atoms with E-state index in [1.165, 1.54) is 17.2 Å². The van der Waals surface area contributed by atoms with Crippen molar-refractivity contribution in [1.29, 1.82) is 0 Å². The molecule has 1 aromatic carbocycles. The van der Waals surface area contributed by atoms with E-state index < -0.39 is 0 Å². The molecule has 0 aliphatic rings. The second-order valence-corrected chi connectivity index (χ2v) is 5.14. The smallest absolute Gasteiger partial charge is 0.280 e. The van der Waals surface area contributed by atoms with Crippen molar-refractivity contribution in [3.8, 4) is 11.3 Å². The first kappa shape index (κ1) is 13.3. The van der Waals surface area contributed by atoms with Gasteiger partial charge in [-0.1, -0.05) is 29.8 Å². The summed E-state index contributed by atoms with van der Waals surface area (Å²) in [6.45, 7) is 2.02. The second-order valence-electron chi connectivity index (χ2n) is 5.14. The Balaban J connectivity index is 2.33. The van der Waals surface area contributed by atoms with Crippen molar-refractivity contribution in [3.05, 3.63) is 62.8 Å². The van der Waals surface area contributed by atoms with Gasteiger partial charge in [-0.05, 0) is 19.1 Å². The zero-order valence-electron chi connectivity index (χ0n) is 12.1. The second kappa shape index (κ2) is 4.70. The van der Waals surface area contributed by atoms with E-state index in [2.05, 4.69) is 4.98 Å². The molecule has 5 heteroatoms. The molecule has 0 N–H and O–H groups in total. The predicted molar refractivity (Wildman–Crippen MR) is 82.4 cm³/mol. The topological polar surface area (TPSA) is 56.9 Å². The fraction of sp³-hybridized carbons (Fsp3) is 0.188. The van der Waals surface area contributed by atoms with Gasteiger partial charge < -0.3 is 0 Å². The minimum absolute atomic E-state index is 0.323. The Morgan fingerprint density at radius 2 is 1.57 bits per heavy atom. The number of fused-ring (bicyclic) bond motifs is 1. The molecule has 0 spiro atoms. The molecule has 106 valence electrons. The van der Waals surface area contributed by atoms with Crippen molar-refractivity contribution < 1.29 is 0 Å². The molecule has 0 amide bonds. The summed E-state index contributed by atoms with van der Waals surface area (Å²) in [6, 6.07) is 11.5. The molecule has 0 saturated carbocycles. The van der Waals surface area contributed by atoms with Crippen molar-refractivity contribution in [2.45, 2.75) is 6.92 Å². The van der Waals surface area contributed by atoms with Gasteiger partial charge >= 0.3 is 5.69 Å². The lowest BCUT2D eigenvalue weighted by Crippen LogP contribution is -2.37. The van der Waals surface area contributed by atoms with E-state index in [1.54, 1.807) is 19.2 Å². The number of benzene rings is 1. The van der Waals surface area contributed by atoms with Crippen LogP contribution in [0.1, 0.15) is 5.56 Å². The van der Waals surface area contributed by atoms with Crippen molar-refractivity contribution in [2.75, 3.05) is 0 Å². The molecule has 21 heavy (non-hydrogen) atoms. The van der Waals surface area contributed by atoms with Gasteiger partial charge in [0.05, 0.1) is 11.1 Å². The van der Waals surface area contributed by atoms with E-state index in [-0.39, 0.29) is 11.2 Å². The van der Waals surface area contributed by atoms with E-state index >= 15 is 0 Å². The summed E-state index contributed by atoms with van der Waals surface area (Å²) >= 11 is 0. The molecule has 0 aliphatic heterocycles. The van der Waals surface area contributed by atoms with E-state index in [9.17, 15) is 9.59 Å². The molecule has 0 atom stereocenters. The molecule has 0 bridgehead atoms. The van der Waals surface area contributed by atoms with Crippen LogP contribution in [-0.2, 0) is 14.1 Å². The number of pyridine rings is 1. The van der Waals surface area contributed by atoms with Gasteiger partial charge in [0.25, 0.3) is 5.56 Å². The molecule has 0 aliphatic carbocycles. The lowest BCUT2D eigenvalue weighted by molar-refractivity contribution is 0.708. The number of aryl methyl sites for hydroxylation is 2. The Kier molecular flexibility index (Phi) is 2.97. The standard InChI is InChI=1S/C16H15N3O2/c1-10-4-6-11(7-5-10)13-9-8-12-14(17-13)18(2)16(21)19(3)15(12)20/h4-9H,1-3H3. The van der Waals surface area contributed by atoms with Crippen LogP contribution in [0.2, 0.25) is 0 Å². The summed E-state index contributed by atoms with van der Waals surface area (Å²) in [5.41, 5.74) is 2.57. The highest BCUT2D eigenvalue weighted by atomic mass is 16.2. The predicted octanol–water partition coefficient (Wildman–Crippen LogP) is 1.61. The fourth-order valence-corrected chi connectivity index (χ4v) is 2.34. The van der Waals surface area contributed by atoms with E-state index in [0.29, 0.717) is 11.0 Å². The van der Waals surface area contributed by atoms with Gasteiger partial charge in [0.2, 0.25) is 0 Å². The summed E-state index contributed by atoms with van der Waals surface area (Å²) in [7, 11) is 3.09. The first-order valence-electron chi connectivity index (χ1n) is 6.63. The van der Waals surface area contributed by atoms with Crippen LogP contribution in [0, 0.1) is 6.92 Å². The lowest BCUT2D eigenvalue weighted by atomic mass is 10.1. The summed E-state index contributed by atoms with van der Waals surface area (Å²) in [6.07, 6.45) is 0. The Labute approximate surface area is 121 Å². The molecule has 3 aromatic rings. The van der Waals surface area contributed by atoms with Gasteiger partial charge in [-0.15, -0.1) is 0 Å². The van der Waals surface area contributed by atoms with Crippen LogP contribution in [-0.4, -0.2) is 14.1 Å². The zero-order valence-corrected chi connectivity index (χ0v) is 12.1. The first-order valence-corrected chi connectivity index (χ1v) is 6.63.